The van der Waals surface area contributed by atoms with Crippen molar-refractivity contribution in [2.45, 2.75) is 12.2 Å². The molecular formula is C12H15F3N4O. The first-order chi connectivity index (χ1) is 9.45. The second-order valence-corrected chi connectivity index (χ2v) is 4.40. The summed E-state index contributed by atoms with van der Waals surface area (Å²) in [5, 5.41) is 5.46. The first-order valence-electron chi connectivity index (χ1n) is 6.16. The van der Waals surface area contributed by atoms with E-state index in [2.05, 4.69) is 15.6 Å². The third kappa shape index (κ3) is 2.84. The van der Waals surface area contributed by atoms with Crippen molar-refractivity contribution >= 4 is 11.7 Å². The van der Waals surface area contributed by atoms with Crippen molar-refractivity contribution in [3.63, 3.8) is 0 Å². The summed E-state index contributed by atoms with van der Waals surface area (Å²) in [5.74, 6) is -0.536. The van der Waals surface area contributed by atoms with Gasteiger partial charge in [-0.05, 0) is 12.1 Å². The quantitative estimate of drug-likeness (QED) is 0.838. The monoisotopic (exact) mass is 288 g/mol. The van der Waals surface area contributed by atoms with Crippen molar-refractivity contribution in [1.82, 2.24) is 15.6 Å². The molecule has 1 amide bonds. The lowest BCUT2D eigenvalue weighted by molar-refractivity contribution is -0.137. The van der Waals surface area contributed by atoms with Crippen LogP contribution in [0.25, 0.3) is 0 Å². The van der Waals surface area contributed by atoms with Gasteiger partial charge in [0.15, 0.2) is 0 Å². The molecule has 20 heavy (non-hydrogen) atoms. The maximum atomic E-state index is 13.0. The molecule has 1 saturated heterocycles. The van der Waals surface area contributed by atoms with Crippen LogP contribution in [-0.4, -0.2) is 43.6 Å². The minimum absolute atomic E-state index is 0.199. The Bertz CT molecular complexity index is 492. The molecule has 1 aliphatic heterocycles. The number of likely N-dealkylation sites (N-methyl/N-ethyl adjacent to an activating group) is 1. The van der Waals surface area contributed by atoms with Crippen LogP contribution in [0.3, 0.4) is 0 Å². The summed E-state index contributed by atoms with van der Waals surface area (Å²) in [6.07, 6.45) is -3.20. The normalized spacial score (nSPS) is 19.8. The zero-order valence-corrected chi connectivity index (χ0v) is 10.9. The van der Waals surface area contributed by atoms with Gasteiger partial charge in [0.1, 0.15) is 11.9 Å². The summed E-state index contributed by atoms with van der Waals surface area (Å²) in [6, 6.07) is 1.51. The zero-order valence-electron chi connectivity index (χ0n) is 10.9. The summed E-state index contributed by atoms with van der Waals surface area (Å²) >= 11 is 0. The van der Waals surface area contributed by atoms with Crippen molar-refractivity contribution in [2.75, 3.05) is 31.6 Å². The molecule has 1 aromatic rings. The molecule has 110 valence electrons. The van der Waals surface area contributed by atoms with E-state index in [9.17, 15) is 18.0 Å². The van der Waals surface area contributed by atoms with Crippen LogP contribution in [0.15, 0.2) is 18.3 Å². The van der Waals surface area contributed by atoms with Crippen molar-refractivity contribution in [1.29, 1.82) is 0 Å². The Morgan fingerprint density at radius 2 is 2.30 bits per heavy atom. The van der Waals surface area contributed by atoms with Crippen molar-refractivity contribution in [3.8, 4) is 0 Å². The lowest BCUT2D eigenvalue weighted by Crippen LogP contribution is -2.58. The largest absolute Gasteiger partial charge is 0.419 e. The van der Waals surface area contributed by atoms with Gasteiger partial charge in [-0.2, -0.15) is 13.2 Å². The Morgan fingerprint density at radius 3 is 2.95 bits per heavy atom. The maximum Gasteiger partial charge on any atom is 0.419 e. The minimum atomic E-state index is -4.50. The van der Waals surface area contributed by atoms with E-state index in [4.69, 9.17) is 0 Å². The Balaban J connectivity index is 2.40. The molecule has 0 spiro atoms. The molecule has 8 heteroatoms. The number of halogens is 3. The van der Waals surface area contributed by atoms with Gasteiger partial charge in [0.05, 0.1) is 5.56 Å². The van der Waals surface area contributed by atoms with Crippen LogP contribution < -0.4 is 15.5 Å². The number of amides is 1. The number of aromatic nitrogens is 1. The predicted molar refractivity (Wildman–Crippen MR) is 67.3 cm³/mol. The number of hydrogen-bond donors (Lipinski definition) is 2. The molecule has 0 aliphatic carbocycles. The van der Waals surface area contributed by atoms with Gasteiger partial charge in [0.25, 0.3) is 0 Å². The summed E-state index contributed by atoms with van der Waals surface area (Å²) in [4.78, 5) is 17.0. The molecule has 1 aromatic heterocycles. The fourth-order valence-corrected chi connectivity index (χ4v) is 2.21. The van der Waals surface area contributed by atoms with Crippen molar-refractivity contribution < 1.29 is 18.0 Å². The van der Waals surface area contributed by atoms with E-state index in [0.717, 1.165) is 6.07 Å². The minimum Gasteiger partial charge on any atom is -0.357 e. The number of hydrogen-bond acceptors (Lipinski definition) is 4. The highest BCUT2D eigenvalue weighted by atomic mass is 19.4. The number of carbonyl (C=O) groups is 1. The molecule has 1 atom stereocenters. The second-order valence-electron chi connectivity index (χ2n) is 4.40. The molecule has 2 heterocycles. The number of pyridine rings is 1. The molecule has 1 fully saturated rings. The average Bonchev–Trinajstić information content (AvgIpc) is 2.45. The molecule has 2 rings (SSSR count). The van der Waals surface area contributed by atoms with E-state index in [1.165, 1.54) is 24.2 Å². The highest BCUT2D eigenvalue weighted by molar-refractivity contribution is 5.85. The van der Waals surface area contributed by atoms with Gasteiger partial charge < -0.3 is 15.5 Å². The van der Waals surface area contributed by atoms with E-state index in [-0.39, 0.29) is 24.8 Å². The Kier molecular flexibility index (Phi) is 4.12. The fourth-order valence-electron chi connectivity index (χ4n) is 2.21. The highest BCUT2D eigenvalue weighted by Crippen LogP contribution is 2.35. The van der Waals surface area contributed by atoms with Crippen molar-refractivity contribution in [2.24, 2.45) is 0 Å². The van der Waals surface area contributed by atoms with Gasteiger partial charge in [-0.25, -0.2) is 4.98 Å². The Hall–Kier alpha value is -1.83. The number of nitrogens with one attached hydrogen (secondary N) is 2. The van der Waals surface area contributed by atoms with E-state index in [1.54, 1.807) is 0 Å². The first-order valence-corrected chi connectivity index (χ1v) is 6.16. The van der Waals surface area contributed by atoms with Gasteiger partial charge in [-0.3, -0.25) is 4.79 Å². The maximum absolute atomic E-state index is 13.0. The SMILES string of the molecule is CNC(=O)C1CNCCN1c1ncccc1C(F)(F)F. The van der Waals surface area contributed by atoms with Crippen LogP contribution in [-0.2, 0) is 11.0 Å². The molecule has 0 bridgehead atoms. The van der Waals surface area contributed by atoms with Gasteiger partial charge in [0, 0.05) is 32.9 Å². The van der Waals surface area contributed by atoms with E-state index in [0.29, 0.717) is 6.54 Å². The molecule has 0 radical (unpaired) electrons. The molecule has 0 aromatic carbocycles. The summed E-state index contributed by atoms with van der Waals surface area (Å²) in [5.41, 5.74) is -0.823. The van der Waals surface area contributed by atoms with Crippen LogP contribution in [0.2, 0.25) is 0 Å². The number of piperazine rings is 1. The fraction of sp³-hybridized carbons (Fsp3) is 0.500. The molecule has 1 aliphatic rings. The van der Waals surface area contributed by atoms with Crippen LogP contribution in [0, 0.1) is 0 Å². The Labute approximate surface area is 114 Å². The number of anilines is 1. The summed E-state index contributed by atoms with van der Waals surface area (Å²) in [6.45, 7) is 1.08. The highest BCUT2D eigenvalue weighted by Gasteiger charge is 2.38. The number of rotatable bonds is 2. The third-order valence-electron chi connectivity index (χ3n) is 3.16. The molecule has 2 N–H and O–H groups in total. The lowest BCUT2D eigenvalue weighted by atomic mass is 10.1. The third-order valence-corrected chi connectivity index (χ3v) is 3.16. The second kappa shape index (κ2) is 5.66. The Morgan fingerprint density at radius 1 is 1.55 bits per heavy atom. The van der Waals surface area contributed by atoms with Gasteiger partial charge in [-0.1, -0.05) is 0 Å². The van der Waals surface area contributed by atoms with Crippen LogP contribution in [0.1, 0.15) is 5.56 Å². The molecular weight excluding hydrogens is 273 g/mol. The van der Waals surface area contributed by atoms with Crippen LogP contribution in [0.5, 0.6) is 0 Å². The average molecular weight is 288 g/mol. The van der Waals surface area contributed by atoms with Crippen LogP contribution in [0.4, 0.5) is 19.0 Å². The topological polar surface area (TPSA) is 57.3 Å². The molecule has 1 unspecified atom stereocenters. The smallest absolute Gasteiger partial charge is 0.357 e. The van der Waals surface area contributed by atoms with E-state index < -0.39 is 17.8 Å². The molecule has 0 saturated carbocycles. The molecule has 5 nitrogen and oxygen atoms in total. The zero-order chi connectivity index (χ0) is 14.8. The first kappa shape index (κ1) is 14.6. The number of alkyl halides is 3. The van der Waals surface area contributed by atoms with E-state index in [1.807, 2.05) is 0 Å². The number of carbonyl (C=O) groups excluding carboxylic acids is 1. The summed E-state index contributed by atoms with van der Waals surface area (Å²) < 4.78 is 39.1. The van der Waals surface area contributed by atoms with Gasteiger partial charge in [0.2, 0.25) is 5.91 Å². The van der Waals surface area contributed by atoms with Crippen LogP contribution >= 0.6 is 0 Å². The van der Waals surface area contributed by atoms with Gasteiger partial charge >= 0.3 is 6.18 Å². The van der Waals surface area contributed by atoms with Crippen molar-refractivity contribution in [3.05, 3.63) is 23.9 Å². The standard InChI is InChI=1S/C12H15F3N4O/c1-16-11(20)9-7-17-5-6-19(9)10-8(12(13,14)15)3-2-4-18-10/h2-4,9,17H,5-7H2,1H3,(H,16,20). The summed E-state index contributed by atoms with van der Waals surface area (Å²) in [7, 11) is 1.46. The van der Waals surface area contributed by atoms with E-state index >= 15 is 0 Å². The predicted octanol–water partition coefficient (Wildman–Crippen LogP) is 0.625. The lowest BCUT2D eigenvalue weighted by Gasteiger charge is -2.36. The number of nitrogens with zero attached hydrogens (tertiary/aromatic N) is 2. The van der Waals surface area contributed by atoms with Gasteiger partial charge in [-0.15, -0.1) is 0 Å².